The van der Waals surface area contributed by atoms with Gasteiger partial charge < -0.3 is 15.4 Å². The van der Waals surface area contributed by atoms with E-state index < -0.39 is 0 Å². The first-order chi connectivity index (χ1) is 10.3. The molecule has 0 fully saturated rings. The van der Waals surface area contributed by atoms with Crippen molar-refractivity contribution in [3.8, 4) is 5.75 Å². The number of nitrogens with one attached hydrogen (secondary N) is 3. The van der Waals surface area contributed by atoms with Gasteiger partial charge in [0.05, 0.1) is 25.0 Å². The summed E-state index contributed by atoms with van der Waals surface area (Å²) in [5, 5.41) is 12.8. The van der Waals surface area contributed by atoms with Crippen LogP contribution >= 0.6 is 0 Å². The van der Waals surface area contributed by atoms with Crippen molar-refractivity contribution < 1.29 is 9.53 Å². The number of amides is 2. The molecule has 0 aliphatic heterocycles. The zero-order valence-corrected chi connectivity index (χ0v) is 11.8. The molecule has 0 saturated heterocycles. The van der Waals surface area contributed by atoms with E-state index in [1.165, 1.54) is 5.56 Å². The summed E-state index contributed by atoms with van der Waals surface area (Å²) in [5.74, 6) is 0.760. The Balaban J connectivity index is 1.62. The molecule has 1 atom stereocenters. The minimum absolute atomic E-state index is 0.00509. The van der Waals surface area contributed by atoms with Crippen LogP contribution in [0.15, 0.2) is 30.5 Å². The van der Waals surface area contributed by atoms with E-state index in [1.807, 2.05) is 18.3 Å². The van der Waals surface area contributed by atoms with Gasteiger partial charge in [0, 0.05) is 5.69 Å². The molecule has 1 aliphatic carbocycles. The number of H-pyrrole nitrogens is 1. The van der Waals surface area contributed by atoms with Gasteiger partial charge in [0.2, 0.25) is 0 Å². The highest BCUT2D eigenvalue weighted by Crippen LogP contribution is 2.27. The number of hydrogen-bond acceptors (Lipinski definition) is 3. The largest absolute Gasteiger partial charge is 0.497 e. The third-order valence-electron chi connectivity index (χ3n) is 3.69. The average Bonchev–Trinajstić information content (AvgIpc) is 2.97. The van der Waals surface area contributed by atoms with E-state index >= 15 is 0 Å². The Morgan fingerprint density at radius 1 is 1.38 bits per heavy atom. The van der Waals surface area contributed by atoms with Crippen molar-refractivity contribution in [2.45, 2.75) is 25.3 Å². The second-order valence-electron chi connectivity index (χ2n) is 5.08. The number of carbonyl (C=O) groups is 1. The van der Waals surface area contributed by atoms with Crippen LogP contribution in [0.2, 0.25) is 0 Å². The van der Waals surface area contributed by atoms with Crippen LogP contribution in [-0.4, -0.2) is 23.3 Å². The number of fused-ring (bicyclic) bond motifs is 1. The van der Waals surface area contributed by atoms with E-state index in [2.05, 4.69) is 20.8 Å². The molecular formula is C15H18N4O2. The maximum atomic E-state index is 12.1. The van der Waals surface area contributed by atoms with Gasteiger partial charge in [-0.3, -0.25) is 5.10 Å². The molecule has 0 bridgehead atoms. The topological polar surface area (TPSA) is 79.0 Å². The lowest BCUT2D eigenvalue weighted by molar-refractivity contribution is 0.246. The molecule has 1 aliphatic rings. The SMILES string of the molecule is COc1ccc(NC(=O)NC2CCCc3cn[nH]c32)cc1. The summed E-state index contributed by atoms with van der Waals surface area (Å²) in [4.78, 5) is 12.1. The molecule has 1 aromatic carbocycles. The molecule has 0 saturated carbocycles. The number of hydrogen-bond donors (Lipinski definition) is 3. The highest BCUT2D eigenvalue weighted by molar-refractivity contribution is 5.89. The molecule has 2 amide bonds. The molecule has 1 heterocycles. The Morgan fingerprint density at radius 2 is 2.19 bits per heavy atom. The van der Waals surface area contributed by atoms with Gasteiger partial charge in [-0.05, 0) is 49.1 Å². The Bertz CT molecular complexity index is 621. The minimum Gasteiger partial charge on any atom is -0.497 e. The Hall–Kier alpha value is -2.50. The first kappa shape index (κ1) is 13.5. The summed E-state index contributed by atoms with van der Waals surface area (Å²) in [6, 6.07) is 7.01. The van der Waals surface area contributed by atoms with Gasteiger partial charge in [0.15, 0.2) is 0 Å². The predicted octanol–water partition coefficient (Wildman–Crippen LogP) is 2.62. The molecule has 1 unspecified atom stereocenters. The fraction of sp³-hybridized carbons (Fsp3) is 0.333. The number of methoxy groups -OCH3 is 1. The van der Waals surface area contributed by atoms with Crippen molar-refractivity contribution in [1.29, 1.82) is 0 Å². The van der Waals surface area contributed by atoms with Crippen LogP contribution in [0.3, 0.4) is 0 Å². The number of benzene rings is 1. The van der Waals surface area contributed by atoms with E-state index in [0.717, 1.165) is 36.4 Å². The zero-order valence-electron chi connectivity index (χ0n) is 11.8. The van der Waals surface area contributed by atoms with Crippen LogP contribution in [0, 0.1) is 0 Å². The lowest BCUT2D eigenvalue weighted by atomic mass is 9.94. The number of nitrogens with zero attached hydrogens (tertiary/aromatic N) is 1. The number of rotatable bonds is 3. The molecule has 110 valence electrons. The third-order valence-corrected chi connectivity index (χ3v) is 3.69. The summed E-state index contributed by atoms with van der Waals surface area (Å²) < 4.78 is 5.09. The second-order valence-corrected chi connectivity index (χ2v) is 5.08. The Labute approximate surface area is 122 Å². The molecule has 2 aromatic rings. The van der Waals surface area contributed by atoms with Crippen LogP contribution in [0.1, 0.15) is 30.1 Å². The van der Waals surface area contributed by atoms with Crippen LogP contribution in [0.5, 0.6) is 5.75 Å². The molecule has 0 spiro atoms. The Morgan fingerprint density at radius 3 is 2.95 bits per heavy atom. The molecule has 3 N–H and O–H groups in total. The van der Waals surface area contributed by atoms with Crippen LogP contribution in [0.25, 0.3) is 0 Å². The van der Waals surface area contributed by atoms with Crippen molar-refractivity contribution in [1.82, 2.24) is 15.5 Å². The quantitative estimate of drug-likeness (QED) is 0.811. The molecule has 6 heteroatoms. The second kappa shape index (κ2) is 5.87. The fourth-order valence-corrected chi connectivity index (χ4v) is 2.61. The van der Waals surface area contributed by atoms with Gasteiger partial charge in [0.25, 0.3) is 0 Å². The summed E-state index contributed by atoms with van der Waals surface area (Å²) in [5.41, 5.74) is 2.94. The van der Waals surface area contributed by atoms with E-state index in [1.54, 1.807) is 19.2 Å². The first-order valence-electron chi connectivity index (χ1n) is 7.00. The van der Waals surface area contributed by atoms with Crippen molar-refractivity contribution in [2.24, 2.45) is 0 Å². The maximum absolute atomic E-state index is 12.1. The summed E-state index contributed by atoms with van der Waals surface area (Å²) in [6.07, 6.45) is 4.83. The Kier molecular flexibility index (Phi) is 3.77. The standard InChI is InChI=1S/C15H18N4O2/c1-21-12-7-5-11(6-8-12)17-15(20)18-13-4-2-3-10-9-16-19-14(10)13/h5-9,13H,2-4H2,1H3,(H,16,19)(H2,17,18,20). The number of urea groups is 1. The van der Waals surface area contributed by atoms with Gasteiger partial charge in [0.1, 0.15) is 5.75 Å². The molecular weight excluding hydrogens is 268 g/mol. The fourth-order valence-electron chi connectivity index (χ4n) is 2.61. The van der Waals surface area contributed by atoms with Gasteiger partial charge in [-0.2, -0.15) is 5.10 Å². The van der Waals surface area contributed by atoms with E-state index in [0.29, 0.717) is 0 Å². The van der Waals surface area contributed by atoms with Gasteiger partial charge in [-0.15, -0.1) is 0 Å². The average molecular weight is 286 g/mol. The molecule has 0 radical (unpaired) electrons. The number of anilines is 1. The number of aryl methyl sites for hydroxylation is 1. The van der Waals surface area contributed by atoms with Crippen molar-refractivity contribution in [3.05, 3.63) is 41.7 Å². The van der Waals surface area contributed by atoms with Crippen molar-refractivity contribution in [3.63, 3.8) is 0 Å². The van der Waals surface area contributed by atoms with E-state index in [-0.39, 0.29) is 12.1 Å². The summed E-state index contributed by atoms with van der Waals surface area (Å²) >= 11 is 0. The molecule has 21 heavy (non-hydrogen) atoms. The maximum Gasteiger partial charge on any atom is 0.319 e. The third kappa shape index (κ3) is 2.99. The lowest BCUT2D eigenvalue weighted by Crippen LogP contribution is -2.34. The zero-order chi connectivity index (χ0) is 14.7. The first-order valence-corrected chi connectivity index (χ1v) is 7.00. The van der Waals surface area contributed by atoms with Gasteiger partial charge in [-0.1, -0.05) is 0 Å². The smallest absolute Gasteiger partial charge is 0.319 e. The summed E-state index contributed by atoms with van der Waals surface area (Å²) in [6.45, 7) is 0. The van der Waals surface area contributed by atoms with Crippen LogP contribution < -0.4 is 15.4 Å². The highest BCUT2D eigenvalue weighted by Gasteiger charge is 2.23. The van der Waals surface area contributed by atoms with Crippen LogP contribution in [-0.2, 0) is 6.42 Å². The van der Waals surface area contributed by atoms with Gasteiger partial charge in [-0.25, -0.2) is 4.79 Å². The van der Waals surface area contributed by atoms with Crippen LogP contribution in [0.4, 0.5) is 10.5 Å². The number of aromatic nitrogens is 2. The normalized spacial score (nSPS) is 16.9. The van der Waals surface area contributed by atoms with E-state index in [4.69, 9.17) is 4.74 Å². The van der Waals surface area contributed by atoms with Gasteiger partial charge >= 0.3 is 6.03 Å². The number of ether oxygens (including phenoxy) is 1. The predicted molar refractivity (Wildman–Crippen MR) is 79.4 cm³/mol. The van der Waals surface area contributed by atoms with E-state index in [9.17, 15) is 4.79 Å². The number of carbonyl (C=O) groups excluding carboxylic acids is 1. The van der Waals surface area contributed by atoms with Crippen molar-refractivity contribution >= 4 is 11.7 Å². The minimum atomic E-state index is -0.215. The lowest BCUT2D eigenvalue weighted by Gasteiger charge is -2.23. The summed E-state index contributed by atoms with van der Waals surface area (Å²) in [7, 11) is 1.61. The molecule has 6 nitrogen and oxygen atoms in total. The van der Waals surface area contributed by atoms with Crippen molar-refractivity contribution in [2.75, 3.05) is 12.4 Å². The number of aromatic amines is 1. The highest BCUT2D eigenvalue weighted by atomic mass is 16.5. The molecule has 1 aromatic heterocycles. The monoisotopic (exact) mass is 286 g/mol. The molecule has 3 rings (SSSR count).